The monoisotopic (exact) mass is 335 g/mol. The molecule has 0 aliphatic carbocycles. The standard InChI is InChI=1S/C16H19F2N5O/c1-23(6-2-3-14-12(8-19)16(20)22-21-14)9-15(24)11-5-4-10(17)7-13(11)18/h4-5,7,15,24H,2-3,6,9H2,1H3,(H3,20,21,22). The van der Waals surface area contributed by atoms with Crippen molar-refractivity contribution >= 4 is 5.82 Å². The van der Waals surface area contributed by atoms with E-state index < -0.39 is 17.7 Å². The molecule has 1 unspecified atom stereocenters. The van der Waals surface area contributed by atoms with Crippen molar-refractivity contribution in [2.45, 2.75) is 18.9 Å². The molecule has 2 aromatic rings. The van der Waals surface area contributed by atoms with E-state index in [4.69, 9.17) is 11.0 Å². The third-order valence-electron chi connectivity index (χ3n) is 3.75. The van der Waals surface area contributed by atoms with Gasteiger partial charge >= 0.3 is 0 Å². The van der Waals surface area contributed by atoms with E-state index in [0.717, 1.165) is 12.1 Å². The van der Waals surface area contributed by atoms with E-state index in [2.05, 4.69) is 10.2 Å². The first kappa shape index (κ1) is 17.8. The molecule has 1 aromatic heterocycles. The number of hydrogen-bond donors (Lipinski definition) is 3. The second-order valence-corrected chi connectivity index (χ2v) is 5.62. The van der Waals surface area contributed by atoms with Crippen LogP contribution in [0.25, 0.3) is 0 Å². The van der Waals surface area contributed by atoms with Crippen molar-refractivity contribution in [3.8, 4) is 6.07 Å². The lowest BCUT2D eigenvalue weighted by Gasteiger charge is -2.21. The number of nitrogen functional groups attached to an aromatic ring is 1. The van der Waals surface area contributed by atoms with Gasteiger partial charge in [-0.15, -0.1) is 0 Å². The van der Waals surface area contributed by atoms with E-state index in [1.165, 1.54) is 6.07 Å². The number of nitrogens with zero attached hydrogens (tertiary/aromatic N) is 3. The predicted molar refractivity (Wildman–Crippen MR) is 84.9 cm³/mol. The van der Waals surface area contributed by atoms with Gasteiger partial charge in [0.1, 0.15) is 23.3 Å². The highest BCUT2D eigenvalue weighted by atomic mass is 19.1. The molecule has 1 heterocycles. The molecule has 0 aliphatic rings. The van der Waals surface area contributed by atoms with Gasteiger partial charge in [0, 0.05) is 18.2 Å². The summed E-state index contributed by atoms with van der Waals surface area (Å²) in [6.45, 7) is 0.822. The van der Waals surface area contributed by atoms with Gasteiger partial charge in [0.05, 0.1) is 11.8 Å². The molecule has 1 aromatic carbocycles. The number of halogens is 2. The van der Waals surface area contributed by atoms with E-state index in [1.54, 1.807) is 7.05 Å². The van der Waals surface area contributed by atoms with Crippen LogP contribution in [0.15, 0.2) is 18.2 Å². The van der Waals surface area contributed by atoms with Crippen molar-refractivity contribution in [3.63, 3.8) is 0 Å². The number of aromatic amines is 1. The lowest BCUT2D eigenvalue weighted by Crippen LogP contribution is -2.26. The number of nitriles is 1. The number of aliphatic hydroxyl groups is 1. The Morgan fingerprint density at radius 1 is 1.46 bits per heavy atom. The van der Waals surface area contributed by atoms with Gasteiger partial charge in [-0.25, -0.2) is 8.78 Å². The predicted octanol–water partition coefficient (Wildman–Crippen LogP) is 1.74. The molecule has 0 spiro atoms. The van der Waals surface area contributed by atoms with Crippen molar-refractivity contribution in [2.75, 3.05) is 25.9 Å². The van der Waals surface area contributed by atoms with Crippen molar-refractivity contribution in [2.24, 2.45) is 0 Å². The molecular weight excluding hydrogens is 316 g/mol. The number of aromatic nitrogens is 2. The van der Waals surface area contributed by atoms with Crippen LogP contribution < -0.4 is 5.73 Å². The first-order valence-electron chi connectivity index (χ1n) is 7.46. The third-order valence-corrected chi connectivity index (χ3v) is 3.75. The number of nitrogens with two attached hydrogens (primary N) is 1. The summed E-state index contributed by atoms with van der Waals surface area (Å²) in [7, 11) is 1.79. The summed E-state index contributed by atoms with van der Waals surface area (Å²) in [5, 5.41) is 25.6. The fourth-order valence-corrected chi connectivity index (χ4v) is 2.48. The molecule has 0 fully saturated rings. The van der Waals surface area contributed by atoms with E-state index in [-0.39, 0.29) is 17.9 Å². The quantitative estimate of drug-likeness (QED) is 0.715. The van der Waals surface area contributed by atoms with Crippen molar-refractivity contribution in [3.05, 3.63) is 46.7 Å². The molecule has 0 radical (unpaired) electrons. The highest BCUT2D eigenvalue weighted by Crippen LogP contribution is 2.19. The SMILES string of the molecule is CN(CCCc1[nH]nc(N)c1C#N)CC(O)c1ccc(F)cc1F. The van der Waals surface area contributed by atoms with Crippen LogP contribution in [0.2, 0.25) is 0 Å². The largest absolute Gasteiger partial charge is 0.387 e. The van der Waals surface area contributed by atoms with Gasteiger partial charge in [-0.1, -0.05) is 6.07 Å². The average molecular weight is 335 g/mol. The van der Waals surface area contributed by atoms with Crippen LogP contribution in [0.4, 0.5) is 14.6 Å². The summed E-state index contributed by atoms with van der Waals surface area (Å²) in [5.74, 6) is -1.26. The van der Waals surface area contributed by atoms with Crippen LogP contribution in [-0.4, -0.2) is 40.3 Å². The summed E-state index contributed by atoms with van der Waals surface area (Å²) in [6.07, 6.45) is 0.234. The zero-order valence-corrected chi connectivity index (χ0v) is 13.3. The fourth-order valence-electron chi connectivity index (χ4n) is 2.48. The Morgan fingerprint density at radius 2 is 2.21 bits per heavy atom. The van der Waals surface area contributed by atoms with Crippen molar-refractivity contribution in [1.29, 1.82) is 5.26 Å². The maximum absolute atomic E-state index is 13.6. The Bertz CT molecular complexity index is 741. The Kier molecular flexibility index (Phi) is 5.84. The number of H-pyrrole nitrogens is 1. The molecule has 6 nitrogen and oxygen atoms in total. The molecule has 2 rings (SSSR count). The van der Waals surface area contributed by atoms with Crippen LogP contribution in [0.5, 0.6) is 0 Å². The zero-order chi connectivity index (χ0) is 17.7. The second kappa shape index (κ2) is 7.86. The molecule has 4 N–H and O–H groups in total. The van der Waals surface area contributed by atoms with E-state index in [9.17, 15) is 13.9 Å². The minimum absolute atomic E-state index is 0.0661. The summed E-state index contributed by atoms with van der Waals surface area (Å²) in [6, 6.07) is 5.12. The second-order valence-electron chi connectivity index (χ2n) is 5.62. The number of rotatable bonds is 7. The summed E-state index contributed by atoms with van der Waals surface area (Å²) >= 11 is 0. The topological polar surface area (TPSA) is 102 Å². The van der Waals surface area contributed by atoms with E-state index in [0.29, 0.717) is 30.6 Å². The van der Waals surface area contributed by atoms with Crippen molar-refractivity contribution in [1.82, 2.24) is 15.1 Å². The van der Waals surface area contributed by atoms with Gasteiger partial charge in [-0.2, -0.15) is 10.4 Å². The normalized spacial score (nSPS) is 12.3. The van der Waals surface area contributed by atoms with Crippen LogP contribution in [0.1, 0.15) is 29.3 Å². The highest BCUT2D eigenvalue weighted by Gasteiger charge is 2.16. The number of aliphatic hydroxyl groups excluding tert-OH is 1. The number of benzene rings is 1. The summed E-state index contributed by atoms with van der Waals surface area (Å²) < 4.78 is 26.5. The van der Waals surface area contributed by atoms with E-state index >= 15 is 0 Å². The molecule has 0 bridgehead atoms. The summed E-state index contributed by atoms with van der Waals surface area (Å²) in [4.78, 5) is 1.83. The van der Waals surface area contributed by atoms with Crippen LogP contribution in [0, 0.1) is 23.0 Å². The van der Waals surface area contributed by atoms with Crippen LogP contribution in [-0.2, 0) is 6.42 Å². The van der Waals surface area contributed by atoms with Gasteiger partial charge < -0.3 is 15.7 Å². The lowest BCUT2D eigenvalue weighted by molar-refractivity contribution is 0.123. The van der Waals surface area contributed by atoms with Gasteiger partial charge in [0.2, 0.25) is 0 Å². The highest BCUT2D eigenvalue weighted by molar-refractivity contribution is 5.50. The molecular formula is C16H19F2N5O. The molecule has 0 amide bonds. The first-order chi connectivity index (χ1) is 11.4. The number of anilines is 1. The number of aryl methyl sites for hydroxylation is 1. The molecule has 128 valence electrons. The minimum atomic E-state index is -1.05. The molecule has 24 heavy (non-hydrogen) atoms. The fraction of sp³-hybridized carbons (Fsp3) is 0.375. The molecule has 0 aliphatic heterocycles. The minimum Gasteiger partial charge on any atom is -0.387 e. The smallest absolute Gasteiger partial charge is 0.163 e. The Labute approximate surface area is 138 Å². The first-order valence-corrected chi connectivity index (χ1v) is 7.46. The third kappa shape index (κ3) is 4.28. The molecule has 1 atom stereocenters. The Morgan fingerprint density at radius 3 is 2.88 bits per heavy atom. The lowest BCUT2D eigenvalue weighted by atomic mass is 10.1. The average Bonchev–Trinajstić information content (AvgIpc) is 2.87. The van der Waals surface area contributed by atoms with Crippen LogP contribution in [0.3, 0.4) is 0 Å². The van der Waals surface area contributed by atoms with Gasteiger partial charge in [0.25, 0.3) is 0 Å². The van der Waals surface area contributed by atoms with E-state index in [1.807, 2.05) is 11.0 Å². The van der Waals surface area contributed by atoms with Crippen LogP contribution >= 0.6 is 0 Å². The molecule has 8 heteroatoms. The Hall–Kier alpha value is -2.50. The summed E-state index contributed by atoms with van der Waals surface area (Å²) in [5.41, 5.74) is 6.66. The number of likely N-dealkylation sites (N-methyl/N-ethyl adjacent to an activating group) is 1. The maximum Gasteiger partial charge on any atom is 0.163 e. The number of hydrogen-bond acceptors (Lipinski definition) is 5. The molecule has 0 saturated heterocycles. The van der Waals surface area contributed by atoms with Crippen molar-refractivity contribution < 1.29 is 13.9 Å². The van der Waals surface area contributed by atoms with Gasteiger partial charge in [0.15, 0.2) is 5.82 Å². The molecule has 0 saturated carbocycles. The van der Waals surface area contributed by atoms with Gasteiger partial charge in [-0.3, -0.25) is 5.10 Å². The number of nitrogens with one attached hydrogen (secondary N) is 1. The maximum atomic E-state index is 13.6. The van der Waals surface area contributed by atoms with Gasteiger partial charge in [-0.05, 0) is 32.5 Å². The Balaban J connectivity index is 1.84. The zero-order valence-electron chi connectivity index (χ0n) is 13.3.